The molecule has 0 bridgehead atoms. The van der Waals surface area contributed by atoms with Crippen LogP contribution in [0.2, 0.25) is 0 Å². The second-order valence-corrected chi connectivity index (χ2v) is 0.577. The number of rotatable bonds is 0. The Labute approximate surface area is 121 Å². The summed E-state index contributed by atoms with van der Waals surface area (Å²) in [5.74, 6) is 0. The largest absolute Gasteiger partial charge is 0.907 e. The van der Waals surface area contributed by atoms with E-state index in [1.54, 1.807) is 0 Å². The Hall–Kier alpha value is 2.42. The Morgan fingerprint density at radius 3 is 0.615 bits per heavy atom. The molecule has 0 aliphatic heterocycles. The van der Waals surface area contributed by atoms with Crippen LogP contribution in [-0.2, 0) is 63.5 Å². The number of hydrogen-bond acceptors (Lipinski definition) is 6. The minimum atomic E-state index is -2.92. The molecular weight excluding hydrogens is 432 g/mol. The molecule has 6 nitrogen and oxygen atoms in total. The molecule has 0 saturated heterocycles. The van der Waals surface area contributed by atoms with Crippen LogP contribution in [0, 0.1) is 0 Å². The minimum absolute atomic E-state index is 0. The summed E-state index contributed by atoms with van der Waals surface area (Å²) < 4.78 is 0. The third-order valence-corrected chi connectivity index (χ3v) is 0. The van der Waals surface area contributed by atoms with Crippen molar-refractivity contribution in [3.63, 3.8) is 0 Å². The van der Waals surface area contributed by atoms with Gasteiger partial charge in [0.15, 0.2) is 0 Å². The third-order valence-electron chi connectivity index (χ3n) is 0. The molecule has 0 aromatic heterocycles. The summed E-state index contributed by atoms with van der Waals surface area (Å²) in [6.45, 7) is 0. The maximum atomic E-state index is 8.42. The van der Waals surface area contributed by atoms with Gasteiger partial charge in [-0.15, -0.1) is 0 Å². The van der Waals surface area contributed by atoms with Crippen LogP contribution in [0.1, 0.15) is 0 Å². The molecule has 0 saturated carbocycles. The van der Waals surface area contributed by atoms with Crippen molar-refractivity contribution in [3.8, 4) is 0 Å². The Balaban J connectivity index is -0.0000000133. The van der Waals surface area contributed by atoms with Gasteiger partial charge in [-0.05, 0) is 0 Å². The maximum Gasteiger partial charge on any atom is -0.278 e. The zero-order valence-electron chi connectivity index (χ0n) is 5.33. The van der Waals surface area contributed by atoms with Gasteiger partial charge < -0.3 is 30.1 Å². The third kappa shape index (κ3) is 379. The summed E-state index contributed by atoms with van der Waals surface area (Å²) in [4.78, 5) is 0. The molecule has 0 heterocycles. The van der Waals surface area contributed by atoms with Crippen LogP contribution >= 0.6 is 0 Å². The van der Waals surface area contributed by atoms with Gasteiger partial charge in [0.2, 0.25) is 0 Å². The second-order valence-electron chi connectivity index (χ2n) is 0.577. The van der Waals surface area contributed by atoms with Crippen molar-refractivity contribution < 1.29 is 93.6 Å². The van der Waals surface area contributed by atoms with E-state index < -0.39 is 14.6 Å². The van der Waals surface area contributed by atoms with E-state index in [-0.39, 0.29) is 50.3 Å². The molecule has 85 valence electrons. The molecule has 13 heteroatoms. The summed E-state index contributed by atoms with van der Waals surface area (Å²) >= 11 is 6.00. The van der Waals surface area contributed by atoms with E-state index in [1.807, 2.05) is 0 Å². The van der Waals surface area contributed by atoms with E-state index in [1.165, 1.54) is 0 Å². The van der Waals surface area contributed by atoms with Crippen molar-refractivity contribution in [1.82, 2.24) is 0 Å². The van der Waals surface area contributed by atoms with Crippen LogP contribution in [0.4, 0.5) is 0 Å². The standard InChI is InChI=1S/2BO3.3Co.Ni.Se/c2*2-1(3)4;;;;;/q2*-3;3*+2;;. The molecule has 0 atom stereocenters. The van der Waals surface area contributed by atoms with E-state index in [2.05, 4.69) is 26.9 Å². The first-order valence-electron chi connectivity index (χ1n) is 1.54. The summed E-state index contributed by atoms with van der Waals surface area (Å²) in [6.07, 6.45) is 0. The van der Waals surface area contributed by atoms with Crippen LogP contribution in [0.5, 0.6) is 0 Å². The van der Waals surface area contributed by atoms with E-state index in [4.69, 9.17) is 30.1 Å². The normalized spacial score (nSPS) is 4.62. The molecule has 0 spiro atoms. The molecule has 0 amide bonds. The van der Waals surface area contributed by atoms with Crippen molar-refractivity contribution >= 4 is 28.4 Å². The monoisotopic (exact) mass is 433 g/mol. The average Bonchev–Trinajstić information content (AvgIpc) is 1.66. The summed E-state index contributed by atoms with van der Waals surface area (Å²) in [6, 6.07) is 0. The molecule has 0 aromatic carbocycles. The van der Waals surface area contributed by atoms with Gasteiger partial charge in [0.25, 0.3) is 0 Å². The van der Waals surface area contributed by atoms with E-state index in [0.29, 0.717) is 0 Å². The molecule has 3 radical (unpaired) electrons. The van der Waals surface area contributed by atoms with Crippen LogP contribution in [0.25, 0.3) is 0 Å². The van der Waals surface area contributed by atoms with Crippen LogP contribution < -0.4 is 30.1 Å². The van der Waals surface area contributed by atoms with Crippen LogP contribution in [-0.4, -0.2) is 28.4 Å². The predicted molar refractivity (Wildman–Crippen MR) is 17.3 cm³/mol. The molecule has 0 aromatic rings. The molecule has 0 N–H and O–H groups in total. The predicted octanol–water partition coefficient (Wildman–Crippen LogP) is -8.29. The van der Waals surface area contributed by atoms with Gasteiger partial charge in [0.1, 0.15) is 0 Å². The smallest absolute Gasteiger partial charge is 0.278 e. The first kappa shape index (κ1) is 36.1. The molecule has 0 fully saturated rings. The van der Waals surface area contributed by atoms with Gasteiger partial charge >= 0.3 is 77.3 Å². The van der Waals surface area contributed by atoms with E-state index in [9.17, 15) is 0 Å². The van der Waals surface area contributed by atoms with Crippen molar-refractivity contribution in [3.05, 3.63) is 0 Å². The van der Waals surface area contributed by atoms with Gasteiger partial charge in [0.05, 0.1) is 0 Å². The molecule has 0 aliphatic carbocycles. The van der Waals surface area contributed by atoms with Gasteiger partial charge in [0, 0.05) is 0 Å². The molecule has 13 heavy (non-hydrogen) atoms. The van der Waals surface area contributed by atoms with Gasteiger partial charge in [-0.1, -0.05) is 0 Å². The van der Waals surface area contributed by atoms with E-state index in [0.717, 1.165) is 0 Å². The Morgan fingerprint density at radius 1 is 0.615 bits per heavy atom. The summed E-state index contributed by atoms with van der Waals surface area (Å²) in [5, 5.41) is 50.5. The molecule has 0 unspecified atom stereocenters. The quantitative estimate of drug-likeness (QED) is 0.349. The summed E-state index contributed by atoms with van der Waals surface area (Å²) in [7, 11) is -5.83. The Bertz CT molecular complexity index is 49.6. The molecule has 0 aliphatic rings. The van der Waals surface area contributed by atoms with Gasteiger partial charge in [-0.3, -0.25) is 14.6 Å². The first-order chi connectivity index (χ1) is 4.46. The maximum absolute atomic E-state index is 8.42. The van der Waals surface area contributed by atoms with Crippen LogP contribution in [0.15, 0.2) is 0 Å². The number of hydrogen-bond donors (Lipinski definition) is 0. The fraction of sp³-hybridized carbons (Fsp3) is 0. The second kappa shape index (κ2) is 36.6. The average molecular weight is 432 g/mol. The van der Waals surface area contributed by atoms with Crippen molar-refractivity contribution in [2.75, 3.05) is 0 Å². The SMILES string of the molecule is [Co+2].[Co+2].[Co+2].[Ni]=[Se].[O-]B([O-])[O-].[O-]B([O-])[O-]. The minimum Gasteiger partial charge on any atom is -0.907 e. The van der Waals surface area contributed by atoms with Crippen molar-refractivity contribution in [1.29, 1.82) is 0 Å². The van der Waals surface area contributed by atoms with Crippen molar-refractivity contribution in [2.45, 2.75) is 0 Å². The zero-order valence-corrected chi connectivity index (χ0v) is 11.2. The first-order valence-corrected chi connectivity index (χ1v) is 4.18. The van der Waals surface area contributed by atoms with Gasteiger partial charge in [-0.2, -0.15) is 0 Å². The zero-order chi connectivity index (χ0) is 9.15. The summed E-state index contributed by atoms with van der Waals surface area (Å²) in [5.41, 5.74) is 0. The topological polar surface area (TPSA) is 138 Å². The molecule has 0 rings (SSSR count). The Morgan fingerprint density at radius 2 is 0.615 bits per heavy atom. The van der Waals surface area contributed by atoms with Gasteiger partial charge in [-0.25, -0.2) is 0 Å². The fourth-order valence-electron chi connectivity index (χ4n) is 0. The Kier molecular flexibility index (Phi) is 102. The van der Waals surface area contributed by atoms with Crippen molar-refractivity contribution in [2.24, 2.45) is 0 Å². The van der Waals surface area contributed by atoms with Crippen LogP contribution in [0.3, 0.4) is 0 Å². The van der Waals surface area contributed by atoms with E-state index >= 15 is 0 Å². The molecular formula is B2Co3NiO6Se. The fourth-order valence-corrected chi connectivity index (χ4v) is 0.